The van der Waals surface area contributed by atoms with Gasteiger partial charge in [-0.15, -0.1) is 11.3 Å². The van der Waals surface area contributed by atoms with Gasteiger partial charge in [-0.2, -0.15) is 5.26 Å². The maximum absolute atomic E-state index is 8.92. The monoisotopic (exact) mass is 203 g/mol. The third kappa shape index (κ3) is 1.32. The minimum atomic E-state index is 0.613. The molecule has 0 spiro atoms. The van der Waals surface area contributed by atoms with Crippen LogP contribution in [-0.2, 0) is 0 Å². The molecule has 0 aliphatic rings. The van der Waals surface area contributed by atoms with E-state index in [0.717, 1.165) is 22.4 Å². The lowest BCUT2D eigenvalue weighted by molar-refractivity contribution is 1.21. The summed E-state index contributed by atoms with van der Waals surface area (Å²) in [6.45, 7) is 2.83. The van der Waals surface area contributed by atoms with E-state index in [0.29, 0.717) is 5.56 Å². The number of hydrogen-bond donors (Lipinski definition) is 1. The van der Waals surface area contributed by atoms with Gasteiger partial charge in [0.2, 0.25) is 0 Å². The van der Waals surface area contributed by atoms with Crippen molar-refractivity contribution in [1.29, 1.82) is 5.26 Å². The van der Waals surface area contributed by atoms with Crippen molar-refractivity contribution >= 4 is 27.2 Å². The van der Waals surface area contributed by atoms with Gasteiger partial charge in [0.25, 0.3) is 0 Å². The number of rotatable bonds is 2. The van der Waals surface area contributed by atoms with E-state index in [2.05, 4.69) is 16.4 Å². The van der Waals surface area contributed by atoms with Crippen molar-refractivity contribution in [2.45, 2.75) is 6.92 Å². The standard InChI is InChI=1S/C10H9N3S/c1-2-12-9-7(5-11)6-13-8-3-4-14-10(8)9/h3-4,6H,2H2,1H3,(H,12,13). The van der Waals surface area contributed by atoms with E-state index >= 15 is 0 Å². The van der Waals surface area contributed by atoms with Gasteiger partial charge < -0.3 is 5.32 Å². The van der Waals surface area contributed by atoms with Crippen LogP contribution < -0.4 is 5.32 Å². The Labute approximate surface area is 86.0 Å². The van der Waals surface area contributed by atoms with Crippen LogP contribution in [0.4, 0.5) is 5.69 Å². The maximum Gasteiger partial charge on any atom is 0.103 e. The van der Waals surface area contributed by atoms with Crippen LogP contribution in [0.1, 0.15) is 12.5 Å². The average Bonchev–Trinajstić information content (AvgIpc) is 2.67. The number of aromatic nitrogens is 1. The van der Waals surface area contributed by atoms with Gasteiger partial charge in [0.05, 0.1) is 21.5 Å². The van der Waals surface area contributed by atoms with E-state index in [4.69, 9.17) is 5.26 Å². The van der Waals surface area contributed by atoms with Gasteiger partial charge in [-0.25, -0.2) is 0 Å². The molecule has 0 unspecified atom stereocenters. The van der Waals surface area contributed by atoms with Crippen molar-refractivity contribution in [1.82, 2.24) is 4.98 Å². The molecule has 0 atom stereocenters. The first-order valence-corrected chi connectivity index (χ1v) is 5.25. The van der Waals surface area contributed by atoms with Crippen molar-refractivity contribution in [2.24, 2.45) is 0 Å². The van der Waals surface area contributed by atoms with Gasteiger partial charge in [-0.1, -0.05) is 0 Å². The molecule has 2 rings (SSSR count). The summed E-state index contributed by atoms with van der Waals surface area (Å²) in [6, 6.07) is 4.10. The summed E-state index contributed by atoms with van der Waals surface area (Å²) >= 11 is 1.61. The van der Waals surface area contributed by atoms with E-state index in [1.54, 1.807) is 17.5 Å². The van der Waals surface area contributed by atoms with Crippen molar-refractivity contribution in [3.63, 3.8) is 0 Å². The Bertz CT molecular complexity index is 496. The highest BCUT2D eigenvalue weighted by molar-refractivity contribution is 7.17. The first-order chi connectivity index (χ1) is 6.86. The molecule has 0 fully saturated rings. The van der Waals surface area contributed by atoms with Crippen LogP contribution >= 0.6 is 11.3 Å². The summed E-state index contributed by atoms with van der Waals surface area (Å²) in [4.78, 5) is 4.20. The Morgan fingerprint density at radius 3 is 3.21 bits per heavy atom. The zero-order chi connectivity index (χ0) is 9.97. The molecule has 4 heteroatoms. The molecule has 0 saturated carbocycles. The van der Waals surface area contributed by atoms with Crippen LogP contribution in [0.5, 0.6) is 0 Å². The van der Waals surface area contributed by atoms with Crippen molar-refractivity contribution < 1.29 is 0 Å². The van der Waals surface area contributed by atoms with E-state index in [1.807, 2.05) is 18.4 Å². The Morgan fingerprint density at radius 2 is 2.50 bits per heavy atom. The number of anilines is 1. The van der Waals surface area contributed by atoms with Gasteiger partial charge in [0.1, 0.15) is 6.07 Å². The molecule has 0 aliphatic heterocycles. The van der Waals surface area contributed by atoms with Gasteiger partial charge in [0, 0.05) is 12.7 Å². The molecular weight excluding hydrogens is 194 g/mol. The third-order valence-corrected chi connectivity index (χ3v) is 2.87. The number of thiophene rings is 1. The molecule has 0 aromatic carbocycles. The average molecular weight is 203 g/mol. The Morgan fingerprint density at radius 1 is 1.64 bits per heavy atom. The van der Waals surface area contributed by atoms with Crippen LogP contribution in [0.25, 0.3) is 10.2 Å². The lowest BCUT2D eigenvalue weighted by Crippen LogP contribution is -1.99. The van der Waals surface area contributed by atoms with Gasteiger partial charge in [-0.05, 0) is 18.4 Å². The fourth-order valence-corrected chi connectivity index (χ4v) is 2.22. The fourth-order valence-electron chi connectivity index (χ4n) is 1.35. The fraction of sp³-hybridized carbons (Fsp3) is 0.200. The second kappa shape index (κ2) is 3.64. The maximum atomic E-state index is 8.92. The second-order valence-electron chi connectivity index (χ2n) is 2.82. The molecule has 0 radical (unpaired) electrons. The lowest BCUT2D eigenvalue weighted by Gasteiger charge is -2.05. The molecule has 0 saturated heterocycles. The zero-order valence-corrected chi connectivity index (χ0v) is 8.56. The first-order valence-electron chi connectivity index (χ1n) is 4.37. The molecule has 2 aromatic heterocycles. The quantitative estimate of drug-likeness (QED) is 0.816. The molecule has 0 amide bonds. The number of hydrogen-bond acceptors (Lipinski definition) is 4. The van der Waals surface area contributed by atoms with E-state index in [9.17, 15) is 0 Å². The smallest absolute Gasteiger partial charge is 0.103 e. The summed E-state index contributed by atoms with van der Waals surface area (Å²) in [5, 5.41) is 14.1. The predicted molar refractivity (Wildman–Crippen MR) is 58.5 cm³/mol. The highest BCUT2D eigenvalue weighted by atomic mass is 32.1. The molecule has 70 valence electrons. The summed E-state index contributed by atoms with van der Waals surface area (Å²) < 4.78 is 1.06. The highest BCUT2D eigenvalue weighted by Crippen LogP contribution is 2.29. The van der Waals surface area contributed by atoms with Crippen molar-refractivity contribution in [3.8, 4) is 6.07 Å². The molecule has 14 heavy (non-hydrogen) atoms. The van der Waals surface area contributed by atoms with Gasteiger partial charge in [-0.3, -0.25) is 4.98 Å². The van der Waals surface area contributed by atoms with Crippen LogP contribution in [0, 0.1) is 11.3 Å². The molecular formula is C10H9N3S. The van der Waals surface area contributed by atoms with Gasteiger partial charge in [0.15, 0.2) is 0 Å². The number of nitrogens with zero attached hydrogens (tertiary/aromatic N) is 2. The zero-order valence-electron chi connectivity index (χ0n) is 7.74. The van der Waals surface area contributed by atoms with Crippen molar-refractivity contribution in [3.05, 3.63) is 23.2 Å². The Kier molecular flexibility index (Phi) is 2.33. The van der Waals surface area contributed by atoms with Crippen LogP contribution in [-0.4, -0.2) is 11.5 Å². The summed E-state index contributed by atoms with van der Waals surface area (Å²) in [7, 11) is 0. The largest absolute Gasteiger partial charge is 0.383 e. The molecule has 0 aliphatic carbocycles. The molecule has 1 N–H and O–H groups in total. The van der Waals surface area contributed by atoms with E-state index < -0.39 is 0 Å². The minimum Gasteiger partial charge on any atom is -0.383 e. The first kappa shape index (κ1) is 8.97. The molecule has 3 nitrogen and oxygen atoms in total. The highest BCUT2D eigenvalue weighted by Gasteiger charge is 2.08. The Hall–Kier alpha value is -1.60. The molecule has 0 bridgehead atoms. The molecule has 2 aromatic rings. The molecule has 2 heterocycles. The van der Waals surface area contributed by atoms with Gasteiger partial charge >= 0.3 is 0 Å². The summed E-state index contributed by atoms with van der Waals surface area (Å²) in [5.74, 6) is 0. The normalized spacial score (nSPS) is 10.0. The van der Waals surface area contributed by atoms with Crippen LogP contribution in [0.2, 0.25) is 0 Å². The predicted octanol–water partition coefficient (Wildman–Crippen LogP) is 2.60. The Balaban J connectivity index is 2.70. The third-order valence-electron chi connectivity index (χ3n) is 1.95. The summed E-state index contributed by atoms with van der Waals surface area (Å²) in [5.41, 5.74) is 2.47. The van der Waals surface area contributed by atoms with Crippen molar-refractivity contribution in [2.75, 3.05) is 11.9 Å². The van der Waals surface area contributed by atoms with E-state index in [1.165, 1.54) is 0 Å². The van der Waals surface area contributed by atoms with Crippen LogP contribution in [0.3, 0.4) is 0 Å². The number of fused-ring (bicyclic) bond motifs is 1. The number of nitrogens with one attached hydrogen (secondary N) is 1. The van der Waals surface area contributed by atoms with Crippen LogP contribution in [0.15, 0.2) is 17.6 Å². The SMILES string of the molecule is CCNc1c(C#N)cnc2ccsc12. The van der Waals surface area contributed by atoms with E-state index in [-0.39, 0.29) is 0 Å². The topological polar surface area (TPSA) is 48.7 Å². The minimum absolute atomic E-state index is 0.613. The number of nitriles is 1. The summed E-state index contributed by atoms with van der Waals surface area (Å²) in [6.07, 6.45) is 1.62. The lowest BCUT2D eigenvalue weighted by atomic mass is 10.2. The number of pyridine rings is 1. The second-order valence-corrected chi connectivity index (χ2v) is 3.74.